The Balaban J connectivity index is 2.38. The number of aryl methyl sites for hydroxylation is 1. The van der Waals surface area contributed by atoms with Gasteiger partial charge in [0.25, 0.3) is 0 Å². The highest BCUT2D eigenvalue weighted by Crippen LogP contribution is 2.13. The number of benzene rings is 1. The normalized spacial score (nSPS) is 10.1. The lowest BCUT2D eigenvalue weighted by molar-refractivity contribution is 0.199. The number of hydrazine groups is 1. The quantitative estimate of drug-likeness (QED) is 0.414. The van der Waals surface area contributed by atoms with E-state index in [1.165, 1.54) is 24.8 Å². The Hall–Kier alpha value is -1.06. The van der Waals surface area contributed by atoms with Gasteiger partial charge in [-0.25, -0.2) is 5.84 Å². The van der Waals surface area contributed by atoms with Crippen molar-refractivity contribution in [3.63, 3.8) is 0 Å². The van der Waals surface area contributed by atoms with Crippen LogP contribution in [0.3, 0.4) is 0 Å². The molecule has 0 unspecified atom stereocenters. The standard InChI is InChI=1S/C11H18N2O/c1-2-3-4-5-10-6-8-11(9-7-10)14-13-12/h6-9,13H,2-5,12H2,1H3. The zero-order chi connectivity index (χ0) is 10.2. The highest BCUT2D eigenvalue weighted by Gasteiger charge is 1.94. The number of unbranched alkanes of at least 4 members (excludes halogenated alkanes) is 2. The molecule has 0 amide bonds. The topological polar surface area (TPSA) is 47.3 Å². The van der Waals surface area contributed by atoms with Crippen LogP contribution in [0.5, 0.6) is 5.75 Å². The fraction of sp³-hybridized carbons (Fsp3) is 0.455. The lowest BCUT2D eigenvalue weighted by Crippen LogP contribution is -2.25. The van der Waals surface area contributed by atoms with Crippen molar-refractivity contribution >= 4 is 0 Å². The van der Waals surface area contributed by atoms with E-state index in [1.807, 2.05) is 12.1 Å². The SMILES string of the molecule is CCCCCc1ccc(ONN)cc1. The number of nitrogens with one attached hydrogen (secondary N) is 1. The highest BCUT2D eigenvalue weighted by molar-refractivity contribution is 5.27. The average molecular weight is 194 g/mol. The molecular weight excluding hydrogens is 176 g/mol. The minimum atomic E-state index is 0.742. The lowest BCUT2D eigenvalue weighted by Gasteiger charge is -2.04. The smallest absolute Gasteiger partial charge is 0.149 e. The van der Waals surface area contributed by atoms with Gasteiger partial charge in [-0.1, -0.05) is 37.5 Å². The van der Waals surface area contributed by atoms with Crippen LogP contribution in [0.4, 0.5) is 0 Å². The summed E-state index contributed by atoms with van der Waals surface area (Å²) in [6.45, 7) is 2.21. The Bertz CT molecular complexity index is 246. The second-order valence-corrected chi connectivity index (χ2v) is 3.32. The molecular formula is C11H18N2O. The molecule has 1 aromatic carbocycles. The minimum Gasteiger partial charge on any atom is -0.394 e. The van der Waals surface area contributed by atoms with Crippen molar-refractivity contribution in [2.45, 2.75) is 32.6 Å². The van der Waals surface area contributed by atoms with Crippen LogP contribution in [-0.2, 0) is 6.42 Å². The Labute approximate surface area is 85.2 Å². The monoisotopic (exact) mass is 194 g/mol. The molecule has 0 saturated carbocycles. The number of hydrogen-bond acceptors (Lipinski definition) is 3. The van der Waals surface area contributed by atoms with E-state index in [-0.39, 0.29) is 0 Å². The van der Waals surface area contributed by atoms with Crippen LogP contribution in [0.25, 0.3) is 0 Å². The molecule has 0 fully saturated rings. The molecule has 0 aliphatic carbocycles. The third-order valence-electron chi connectivity index (χ3n) is 2.17. The van der Waals surface area contributed by atoms with Crippen LogP contribution in [0, 0.1) is 0 Å². The third kappa shape index (κ3) is 3.77. The summed E-state index contributed by atoms with van der Waals surface area (Å²) < 4.78 is 0. The molecule has 0 aliphatic heterocycles. The van der Waals surface area contributed by atoms with Gasteiger partial charge in [0.15, 0.2) is 0 Å². The molecule has 0 radical (unpaired) electrons. The Morgan fingerprint density at radius 1 is 1.21 bits per heavy atom. The maximum Gasteiger partial charge on any atom is 0.149 e. The van der Waals surface area contributed by atoms with E-state index < -0.39 is 0 Å². The Morgan fingerprint density at radius 3 is 2.50 bits per heavy atom. The average Bonchev–Trinajstić information content (AvgIpc) is 2.21. The molecule has 0 aliphatic rings. The fourth-order valence-corrected chi connectivity index (χ4v) is 1.37. The Kier molecular flexibility index (Phi) is 5.04. The maximum atomic E-state index is 5.02. The maximum absolute atomic E-state index is 5.02. The second-order valence-electron chi connectivity index (χ2n) is 3.32. The van der Waals surface area contributed by atoms with Crippen molar-refractivity contribution in [3.05, 3.63) is 29.8 Å². The van der Waals surface area contributed by atoms with E-state index in [0.717, 1.165) is 12.2 Å². The van der Waals surface area contributed by atoms with Crippen LogP contribution in [0.2, 0.25) is 0 Å². The van der Waals surface area contributed by atoms with Gasteiger partial charge in [-0.15, -0.1) is 0 Å². The summed E-state index contributed by atoms with van der Waals surface area (Å²) in [7, 11) is 0. The first kappa shape index (κ1) is 11.0. The summed E-state index contributed by atoms with van der Waals surface area (Å²) in [5, 5.41) is 0. The van der Waals surface area contributed by atoms with Crippen molar-refractivity contribution < 1.29 is 4.84 Å². The molecule has 78 valence electrons. The van der Waals surface area contributed by atoms with Crippen LogP contribution in [0.15, 0.2) is 24.3 Å². The molecule has 3 N–H and O–H groups in total. The van der Waals surface area contributed by atoms with Gasteiger partial charge < -0.3 is 4.84 Å². The first-order valence-electron chi connectivity index (χ1n) is 5.08. The van der Waals surface area contributed by atoms with Gasteiger partial charge >= 0.3 is 0 Å². The number of rotatable bonds is 6. The molecule has 0 aromatic heterocycles. The van der Waals surface area contributed by atoms with Gasteiger partial charge in [0, 0.05) is 0 Å². The van der Waals surface area contributed by atoms with Gasteiger partial charge in [-0.3, -0.25) is 0 Å². The van der Waals surface area contributed by atoms with Gasteiger partial charge in [0.05, 0.1) is 0 Å². The van der Waals surface area contributed by atoms with E-state index in [4.69, 9.17) is 10.7 Å². The lowest BCUT2D eigenvalue weighted by atomic mass is 10.1. The highest BCUT2D eigenvalue weighted by atomic mass is 16.7. The summed E-state index contributed by atoms with van der Waals surface area (Å²) in [5.41, 5.74) is 3.51. The van der Waals surface area contributed by atoms with E-state index in [0.29, 0.717) is 0 Å². The number of nitrogens with two attached hydrogens (primary N) is 1. The molecule has 0 heterocycles. The van der Waals surface area contributed by atoms with Gasteiger partial charge in [-0.2, -0.15) is 0 Å². The van der Waals surface area contributed by atoms with E-state index in [2.05, 4.69) is 24.6 Å². The first-order chi connectivity index (χ1) is 6.86. The molecule has 1 aromatic rings. The van der Waals surface area contributed by atoms with Crippen molar-refractivity contribution in [1.82, 2.24) is 5.59 Å². The zero-order valence-electron chi connectivity index (χ0n) is 8.62. The number of hydrogen-bond donors (Lipinski definition) is 2. The summed E-state index contributed by atoms with van der Waals surface area (Å²) >= 11 is 0. The minimum absolute atomic E-state index is 0.742. The Morgan fingerprint density at radius 2 is 1.93 bits per heavy atom. The summed E-state index contributed by atoms with van der Waals surface area (Å²) in [6, 6.07) is 7.98. The molecule has 0 atom stereocenters. The van der Waals surface area contributed by atoms with Crippen molar-refractivity contribution in [1.29, 1.82) is 0 Å². The van der Waals surface area contributed by atoms with Gasteiger partial charge in [0.1, 0.15) is 5.75 Å². The summed E-state index contributed by atoms with van der Waals surface area (Å²) in [5.74, 6) is 5.77. The largest absolute Gasteiger partial charge is 0.394 e. The van der Waals surface area contributed by atoms with Crippen LogP contribution in [-0.4, -0.2) is 0 Å². The molecule has 3 heteroatoms. The van der Waals surface area contributed by atoms with Crippen LogP contribution in [0.1, 0.15) is 31.7 Å². The molecule has 0 bridgehead atoms. The van der Waals surface area contributed by atoms with E-state index in [9.17, 15) is 0 Å². The summed E-state index contributed by atoms with van der Waals surface area (Å²) in [6.07, 6.45) is 4.96. The molecule has 1 rings (SSSR count). The summed E-state index contributed by atoms with van der Waals surface area (Å²) in [4.78, 5) is 4.91. The fourth-order valence-electron chi connectivity index (χ4n) is 1.37. The van der Waals surface area contributed by atoms with E-state index >= 15 is 0 Å². The van der Waals surface area contributed by atoms with Gasteiger partial charge in [-0.05, 0) is 30.5 Å². The molecule has 0 saturated heterocycles. The second kappa shape index (κ2) is 6.40. The third-order valence-corrected chi connectivity index (χ3v) is 2.17. The molecule has 3 nitrogen and oxygen atoms in total. The molecule has 14 heavy (non-hydrogen) atoms. The predicted octanol–water partition coefficient (Wildman–Crippen LogP) is 2.18. The molecule has 0 spiro atoms. The predicted molar refractivity (Wildman–Crippen MR) is 57.6 cm³/mol. The van der Waals surface area contributed by atoms with Crippen molar-refractivity contribution in [2.24, 2.45) is 5.84 Å². The van der Waals surface area contributed by atoms with Crippen LogP contribution < -0.4 is 16.3 Å². The zero-order valence-corrected chi connectivity index (χ0v) is 8.62. The van der Waals surface area contributed by atoms with Crippen LogP contribution >= 0.6 is 0 Å². The van der Waals surface area contributed by atoms with Gasteiger partial charge in [0.2, 0.25) is 0 Å². The van der Waals surface area contributed by atoms with E-state index in [1.54, 1.807) is 0 Å². The van der Waals surface area contributed by atoms with Crippen molar-refractivity contribution in [3.8, 4) is 5.75 Å². The first-order valence-corrected chi connectivity index (χ1v) is 5.08. The van der Waals surface area contributed by atoms with Crippen molar-refractivity contribution in [2.75, 3.05) is 0 Å².